The summed E-state index contributed by atoms with van der Waals surface area (Å²) in [5, 5.41) is 0. The third-order valence-electron chi connectivity index (χ3n) is 2.57. The van der Waals surface area contributed by atoms with E-state index in [2.05, 4.69) is 16.4 Å². The molecule has 74 valence electrons. The highest BCUT2D eigenvalue weighted by Crippen LogP contribution is 2.12. The van der Waals surface area contributed by atoms with Gasteiger partial charge >= 0.3 is 0 Å². The lowest BCUT2D eigenvalue weighted by Crippen LogP contribution is -2.52. The van der Waals surface area contributed by atoms with Crippen LogP contribution in [0.4, 0.5) is 0 Å². The molecule has 1 amide bonds. The molecule has 0 unspecified atom stereocenters. The SMILES string of the molecule is C=C(C(N)=O)[C@H]1CN(C)CCN1C. The molecule has 1 rings (SSSR count). The minimum Gasteiger partial charge on any atom is -0.366 e. The zero-order valence-electron chi connectivity index (χ0n) is 8.29. The molecule has 0 radical (unpaired) electrons. The number of hydrogen-bond acceptors (Lipinski definition) is 3. The lowest BCUT2D eigenvalue weighted by Gasteiger charge is -2.37. The number of piperazine rings is 1. The number of likely N-dealkylation sites (N-methyl/N-ethyl adjacent to an activating group) is 2. The molecule has 1 fully saturated rings. The van der Waals surface area contributed by atoms with E-state index in [4.69, 9.17) is 5.73 Å². The van der Waals surface area contributed by atoms with Gasteiger partial charge in [0, 0.05) is 25.2 Å². The number of rotatable bonds is 2. The molecule has 2 N–H and O–H groups in total. The van der Waals surface area contributed by atoms with Crippen LogP contribution in [0.25, 0.3) is 0 Å². The summed E-state index contributed by atoms with van der Waals surface area (Å²) in [6.45, 7) is 6.53. The molecule has 4 nitrogen and oxygen atoms in total. The van der Waals surface area contributed by atoms with Gasteiger partial charge in [0.25, 0.3) is 0 Å². The van der Waals surface area contributed by atoms with Crippen molar-refractivity contribution >= 4 is 5.91 Å². The second-order valence-electron chi connectivity index (χ2n) is 3.65. The topological polar surface area (TPSA) is 49.6 Å². The number of carbonyl (C=O) groups excluding carboxylic acids is 1. The van der Waals surface area contributed by atoms with Gasteiger partial charge in [0.2, 0.25) is 5.91 Å². The van der Waals surface area contributed by atoms with Gasteiger partial charge in [-0.05, 0) is 14.1 Å². The average molecular weight is 183 g/mol. The molecular weight excluding hydrogens is 166 g/mol. The molecule has 0 aromatic heterocycles. The van der Waals surface area contributed by atoms with Crippen molar-refractivity contribution in [3.05, 3.63) is 12.2 Å². The van der Waals surface area contributed by atoms with Crippen molar-refractivity contribution in [2.75, 3.05) is 33.7 Å². The van der Waals surface area contributed by atoms with Crippen molar-refractivity contribution in [1.29, 1.82) is 0 Å². The number of carbonyl (C=O) groups is 1. The van der Waals surface area contributed by atoms with Gasteiger partial charge in [-0.15, -0.1) is 0 Å². The van der Waals surface area contributed by atoms with E-state index in [1.165, 1.54) is 0 Å². The summed E-state index contributed by atoms with van der Waals surface area (Å²) in [6, 6.07) is 0.0799. The molecule has 0 aromatic carbocycles. The highest BCUT2D eigenvalue weighted by atomic mass is 16.1. The quantitative estimate of drug-likeness (QED) is 0.574. The first-order chi connectivity index (χ1) is 6.02. The monoisotopic (exact) mass is 183 g/mol. The Labute approximate surface area is 79.0 Å². The Morgan fingerprint density at radius 1 is 1.46 bits per heavy atom. The van der Waals surface area contributed by atoms with Crippen LogP contribution in [0.3, 0.4) is 0 Å². The van der Waals surface area contributed by atoms with Crippen LogP contribution in [0.5, 0.6) is 0 Å². The van der Waals surface area contributed by atoms with Gasteiger partial charge in [0.15, 0.2) is 0 Å². The maximum atomic E-state index is 10.9. The van der Waals surface area contributed by atoms with Gasteiger partial charge in [-0.3, -0.25) is 9.69 Å². The first kappa shape index (κ1) is 10.2. The first-order valence-corrected chi connectivity index (χ1v) is 4.39. The molecule has 0 aromatic rings. The van der Waals surface area contributed by atoms with Gasteiger partial charge in [-0.25, -0.2) is 0 Å². The van der Waals surface area contributed by atoms with Crippen LogP contribution in [-0.4, -0.2) is 55.5 Å². The molecule has 0 aliphatic carbocycles. The van der Waals surface area contributed by atoms with Crippen molar-refractivity contribution < 1.29 is 4.79 Å². The molecule has 1 saturated heterocycles. The van der Waals surface area contributed by atoms with Crippen LogP contribution >= 0.6 is 0 Å². The minimum atomic E-state index is -0.396. The van der Waals surface area contributed by atoms with Crippen LogP contribution in [0, 0.1) is 0 Å². The normalized spacial score (nSPS) is 25.8. The standard InChI is InChI=1S/C9H17N3O/c1-7(9(10)13)8-6-11(2)4-5-12(8)3/h8H,1,4-6H2,2-3H3,(H2,10,13)/t8-/m1/s1. The van der Waals surface area contributed by atoms with Crippen LogP contribution in [0.2, 0.25) is 0 Å². The maximum absolute atomic E-state index is 10.9. The van der Waals surface area contributed by atoms with Crippen LogP contribution in [0.1, 0.15) is 0 Å². The van der Waals surface area contributed by atoms with Crippen LogP contribution < -0.4 is 5.73 Å². The fourth-order valence-electron chi connectivity index (χ4n) is 1.55. The van der Waals surface area contributed by atoms with Crippen LogP contribution in [-0.2, 0) is 4.79 Å². The Morgan fingerprint density at radius 3 is 2.62 bits per heavy atom. The Bertz CT molecular complexity index is 227. The second kappa shape index (κ2) is 3.89. The van der Waals surface area contributed by atoms with Crippen molar-refractivity contribution in [2.24, 2.45) is 5.73 Å². The highest BCUT2D eigenvalue weighted by molar-refractivity contribution is 5.92. The Hall–Kier alpha value is -0.870. The lowest BCUT2D eigenvalue weighted by atomic mass is 10.0. The van der Waals surface area contributed by atoms with E-state index in [9.17, 15) is 4.79 Å². The van der Waals surface area contributed by atoms with E-state index in [1.807, 2.05) is 14.1 Å². The van der Waals surface area contributed by atoms with E-state index in [1.54, 1.807) is 0 Å². The molecule has 0 spiro atoms. The van der Waals surface area contributed by atoms with Gasteiger partial charge in [0.1, 0.15) is 0 Å². The molecule has 0 bridgehead atoms. The molecule has 13 heavy (non-hydrogen) atoms. The van der Waals surface area contributed by atoms with E-state index >= 15 is 0 Å². The zero-order chi connectivity index (χ0) is 10.0. The molecule has 1 heterocycles. The number of primary amides is 1. The van der Waals surface area contributed by atoms with Gasteiger partial charge in [0.05, 0.1) is 6.04 Å². The Balaban J connectivity index is 2.65. The van der Waals surface area contributed by atoms with Gasteiger partial charge < -0.3 is 10.6 Å². The van der Waals surface area contributed by atoms with E-state index in [0.717, 1.165) is 19.6 Å². The van der Waals surface area contributed by atoms with Crippen molar-refractivity contribution in [3.63, 3.8) is 0 Å². The predicted molar refractivity (Wildman–Crippen MR) is 52.2 cm³/mol. The molecule has 1 aliphatic heterocycles. The van der Waals surface area contributed by atoms with E-state index < -0.39 is 5.91 Å². The molecule has 1 atom stereocenters. The Morgan fingerprint density at radius 2 is 2.08 bits per heavy atom. The molecular formula is C9H17N3O. The summed E-state index contributed by atoms with van der Waals surface area (Å²) in [4.78, 5) is 15.2. The fraction of sp³-hybridized carbons (Fsp3) is 0.667. The van der Waals surface area contributed by atoms with Gasteiger partial charge in [-0.1, -0.05) is 6.58 Å². The summed E-state index contributed by atoms with van der Waals surface area (Å²) in [6.07, 6.45) is 0. The summed E-state index contributed by atoms with van der Waals surface area (Å²) in [5.74, 6) is -0.396. The van der Waals surface area contributed by atoms with Crippen molar-refractivity contribution in [3.8, 4) is 0 Å². The predicted octanol–water partition coefficient (Wildman–Crippen LogP) is -0.726. The third-order valence-corrected chi connectivity index (χ3v) is 2.57. The lowest BCUT2D eigenvalue weighted by molar-refractivity contribution is -0.115. The first-order valence-electron chi connectivity index (χ1n) is 4.39. The molecule has 4 heteroatoms. The molecule has 0 saturated carbocycles. The van der Waals surface area contributed by atoms with Gasteiger partial charge in [-0.2, -0.15) is 0 Å². The van der Waals surface area contributed by atoms with E-state index in [0.29, 0.717) is 5.57 Å². The molecule has 1 aliphatic rings. The smallest absolute Gasteiger partial charge is 0.245 e. The number of nitrogens with zero attached hydrogens (tertiary/aromatic N) is 2. The minimum absolute atomic E-state index is 0.0799. The van der Waals surface area contributed by atoms with Crippen molar-refractivity contribution in [2.45, 2.75) is 6.04 Å². The van der Waals surface area contributed by atoms with Crippen molar-refractivity contribution in [1.82, 2.24) is 9.80 Å². The highest BCUT2D eigenvalue weighted by Gasteiger charge is 2.26. The summed E-state index contributed by atoms with van der Waals surface area (Å²) in [7, 11) is 4.03. The zero-order valence-corrected chi connectivity index (χ0v) is 8.29. The van der Waals surface area contributed by atoms with E-state index in [-0.39, 0.29) is 6.04 Å². The maximum Gasteiger partial charge on any atom is 0.245 e. The third kappa shape index (κ3) is 2.29. The average Bonchev–Trinajstić information content (AvgIpc) is 2.08. The summed E-state index contributed by atoms with van der Waals surface area (Å²) >= 11 is 0. The number of amides is 1. The fourth-order valence-corrected chi connectivity index (χ4v) is 1.55. The number of nitrogens with two attached hydrogens (primary N) is 1. The van der Waals surface area contributed by atoms with Crippen LogP contribution in [0.15, 0.2) is 12.2 Å². The summed E-state index contributed by atoms with van der Waals surface area (Å²) < 4.78 is 0. The largest absolute Gasteiger partial charge is 0.366 e. The Kier molecular flexibility index (Phi) is 3.06. The summed E-state index contributed by atoms with van der Waals surface area (Å²) in [5.41, 5.74) is 5.70. The number of hydrogen-bond donors (Lipinski definition) is 1. The second-order valence-corrected chi connectivity index (χ2v) is 3.65.